The van der Waals surface area contributed by atoms with Gasteiger partial charge in [0.05, 0.1) is 0 Å². The van der Waals surface area contributed by atoms with Crippen molar-refractivity contribution < 1.29 is 8.76 Å². The first-order valence-electron chi connectivity index (χ1n) is 6.45. The van der Waals surface area contributed by atoms with E-state index >= 15 is 0 Å². The van der Waals surface area contributed by atoms with Gasteiger partial charge >= 0.3 is 0 Å². The summed E-state index contributed by atoms with van der Waals surface area (Å²) in [5.41, 5.74) is 1.04. The largest absolute Gasteiger partial charge is 0.768 e. The Morgan fingerprint density at radius 2 is 2.00 bits per heavy atom. The highest BCUT2D eigenvalue weighted by Gasteiger charge is 2.41. The molecule has 5 heteroatoms. The van der Waals surface area contributed by atoms with E-state index < -0.39 is 11.1 Å². The predicted octanol–water partition coefficient (Wildman–Crippen LogP) is 1.97. The average Bonchev–Trinajstić information content (AvgIpc) is 2.92. The Morgan fingerprint density at radius 3 is 2.56 bits per heavy atom. The molecule has 0 amide bonds. The molecule has 2 aliphatic rings. The summed E-state index contributed by atoms with van der Waals surface area (Å²) in [6, 6.07) is 3.43. The first-order valence-corrected chi connectivity index (χ1v) is 7.53. The maximum Gasteiger partial charge on any atom is 0.129 e. The van der Waals surface area contributed by atoms with Crippen molar-refractivity contribution in [3.63, 3.8) is 0 Å². The summed E-state index contributed by atoms with van der Waals surface area (Å²) in [6.07, 6.45) is 4.54. The van der Waals surface area contributed by atoms with Crippen LogP contribution in [-0.4, -0.2) is 26.8 Å². The van der Waals surface area contributed by atoms with Crippen LogP contribution in [-0.2, 0) is 16.5 Å². The van der Waals surface area contributed by atoms with Crippen LogP contribution in [0.3, 0.4) is 0 Å². The highest BCUT2D eigenvalue weighted by atomic mass is 32.2. The lowest BCUT2D eigenvalue weighted by atomic mass is 10.1. The molecule has 3 rings (SSSR count). The SMILES string of the molecule is CC1(c2cc(S(=O)[O-])cc(N3CCCC3)n2)CC1. The third-order valence-corrected chi connectivity index (χ3v) is 4.65. The molecule has 1 saturated carbocycles. The molecule has 18 heavy (non-hydrogen) atoms. The highest BCUT2D eigenvalue weighted by molar-refractivity contribution is 7.79. The second kappa shape index (κ2) is 4.31. The van der Waals surface area contributed by atoms with Gasteiger partial charge in [-0.1, -0.05) is 6.92 Å². The van der Waals surface area contributed by atoms with Gasteiger partial charge in [0.2, 0.25) is 0 Å². The lowest BCUT2D eigenvalue weighted by Crippen LogP contribution is -2.20. The predicted molar refractivity (Wildman–Crippen MR) is 69.5 cm³/mol. The van der Waals surface area contributed by atoms with Crippen LogP contribution in [0.4, 0.5) is 5.82 Å². The fourth-order valence-electron chi connectivity index (χ4n) is 2.45. The molecule has 4 nitrogen and oxygen atoms in total. The first kappa shape index (κ1) is 12.1. The molecule has 1 atom stereocenters. The Kier molecular flexibility index (Phi) is 2.90. The maximum atomic E-state index is 11.2. The van der Waals surface area contributed by atoms with E-state index in [0.29, 0.717) is 4.90 Å². The lowest BCUT2D eigenvalue weighted by Gasteiger charge is -2.21. The zero-order chi connectivity index (χ0) is 12.8. The Hall–Kier alpha value is -0.940. The van der Waals surface area contributed by atoms with Crippen LogP contribution in [0.25, 0.3) is 0 Å². The molecule has 0 spiro atoms. The maximum absolute atomic E-state index is 11.2. The van der Waals surface area contributed by atoms with Crippen molar-refractivity contribution in [3.05, 3.63) is 17.8 Å². The minimum Gasteiger partial charge on any atom is -0.768 e. The van der Waals surface area contributed by atoms with E-state index in [-0.39, 0.29) is 5.41 Å². The van der Waals surface area contributed by atoms with E-state index in [4.69, 9.17) is 0 Å². The molecule has 0 bridgehead atoms. The smallest absolute Gasteiger partial charge is 0.129 e. The Labute approximate surface area is 110 Å². The second-order valence-corrected chi connectivity index (χ2v) is 6.48. The van der Waals surface area contributed by atoms with E-state index in [9.17, 15) is 8.76 Å². The summed E-state index contributed by atoms with van der Waals surface area (Å²) >= 11 is -2.17. The van der Waals surface area contributed by atoms with Crippen LogP contribution in [0.15, 0.2) is 17.0 Å². The number of anilines is 1. The number of hydrogen-bond donors (Lipinski definition) is 0. The summed E-state index contributed by atoms with van der Waals surface area (Å²) < 4.78 is 22.4. The van der Waals surface area contributed by atoms with E-state index in [1.54, 1.807) is 12.1 Å². The standard InChI is InChI=1S/C13H18N2O2S/c1-13(4-5-13)11-8-10(18(16)17)9-12(14-11)15-6-2-3-7-15/h8-9H,2-7H2,1H3,(H,16,17)/p-1. The molecule has 1 unspecified atom stereocenters. The monoisotopic (exact) mass is 265 g/mol. The molecule has 98 valence electrons. The minimum absolute atomic E-state index is 0.101. The second-order valence-electron chi connectivity index (χ2n) is 5.54. The molecule has 2 heterocycles. The van der Waals surface area contributed by atoms with Crippen molar-refractivity contribution in [1.29, 1.82) is 0 Å². The van der Waals surface area contributed by atoms with Gasteiger partial charge < -0.3 is 9.45 Å². The van der Waals surface area contributed by atoms with Crippen LogP contribution in [0, 0.1) is 0 Å². The molecule has 1 aliphatic heterocycles. The molecule has 0 aromatic carbocycles. The third kappa shape index (κ3) is 2.17. The van der Waals surface area contributed by atoms with E-state index in [1.807, 2.05) is 0 Å². The molecule has 0 N–H and O–H groups in total. The summed E-state index contributed by atoms with van der Waals surface area (Å²) in [6.45, 7) is 4.12. The van der Waals surface area contributed by atoms with Crippen molar-refractivity contribution in [2.45, 2.75) is 42.9 Å². The molecule has 1 aliphatic carbocycles. The van der Waals surface area contributed by atoms with Crippen molar-refractivity contribution in [1.82, 2.24) is 4.98 Å². The van der Waals surface area contributed by atoms with Crippen LogP contribution in [0.5, 0.6) is 0 Å². The van der Waals surface area contributed by atoms with Crippen LogP contribution in [0.1, 0.15) is 38.3 Å². The molecule has 1 aromatic heterocycles. The van der Waals surface area contributed by atoms with Gasteiger partial charge in [-0.2, -0.15) is 0 Å². The fraction of sp³-hybridized carbons (Fsp3) is 0.615. The van der Waals surface area contributed by atoms with Crippen molar-refractivity contribution in [2.24, 2.45) is 0 Å². The zero-order valence-corrected chi connectivity index (χ0v) is 11.3. The Bertz CT molecular complexity index is 494. The quantitative estimate of drug-likeness (QED) is 0.784. The summed E-state index contributed by atoms with van der Waals surface area (Å²) in [5.74, 6) is 0.831. The minimum atomic E-state index is -2.17. The van der Waals surface area contributed by atoms with Gasteiger partial charge in [0.15, 0.2) is 0 Å². The van der Waals surface area contributed by atoms with Gasteiger partial charge in [-0.25, -0.2) is 4.98 Å². The molecule has 1 aromatic rings. The number of rotatable bonds is 3. The van der Waals surface area contributed by atoms with Crippen LogP contribution >= 0.6 is 0 Å². The fourth-order valence-corrected chi connectivity index (χ4v) is 2.86. The summed E-state index contributed by atoms with van der Waals surface area (Å²) in [7, 11) is 0. The molecular formula is C13H17N2O2S-. The van der Waals surface area contributed by atoms with Crippen molar-refractivity contribution in [2.75, 3.05) is 18.0 Å². The summed E-state index contributed by atoms with van der Waals surface area (Å²) in [4.78, 5) is 7.24. The Morgan fingerprint density at radius 1 is 1.33 bits per heavy atom. The van der Waals surface area contributed by atoms with Gasteiger partial charge in [0.25, 0.3) is 0 Å². The number of aromatic nitrogens is 1. The van der Waals surface area contributed by atoms with Crippen LogP contribution < -0.4 is 4.90 Å². The first-order chi connectivity index (χ1) is 8.58. The Balaban J connectivity index is 2.02. The highest BCUT2D eigenvalue weighted by Crippen LogP contribution is 2.47. The topological polar surface area (TPSA) is 56.3 Å². The van der Waals surface area contributed by atoms with Gasteiger partial charge in [0, 0.05) is 29.1 Å². The van der Waals surface area contributed by atoms with E-state index in [1.165, 1.54) is 12.8 Å². The lowest BCUT2D eigenvalue weighted by molar-refractivity contribution is 0.536. The van der Waals surface area contributed by atoms with E-state index in [2.05, 4.69) is 16.8 Å². The molecular weight excluding hydrogens is 248 g/mol. The molecule has 0 radical (unpaired) electrons. The van der Waals surface area contributed by atoms with Gasteiger partial charge in [-0.05, 0) is 48.9 Å². The summed E-state index contributed by atoms with van der Waals surface area (Å²) in [5, 5.41) is 0. The normalized spacial score (nSPS) is 23.1. The third-order valence-electron chi connectivity index (χ3n) is 4.03. The van der Waals surface area contributed by atoms with Crippen LogP contribution in [0.2, 0.25) is 0 Å². The van der Waals surface area contributed by atoms with Gasteiger partial charge in [-0.3, -0.25) is 4.21 Å². The van der Waals surface area contributed by atoms with Gasteiger partial charge in [0.1, 0.15) is 5.82 Å². The molecule has 1 saturated heterocycles. The zero-order valence-electron chi connectivity index (χ0n) is 10.5. The number of pyridine rings is 1. The molecule has 2 fully saturated rings. The average molecular weight is 265 g/mol. The number of nitrogens with zero attached hydrogens (tertiary/aromatic N) is 2. The van der Waals surface area contributed by atoms with Gasteiger partial charge in [-0.15, -0.1) is 0 Å². The number of hydrogen-bond acceptors (Lipinski definition) is 4. The van der Waals surface area contributed by atoms with E-state index in [0.717, 1.165) is 37.4 Å². The van der Waals surface area contributed by atoms with Crippen molar-refractivity contribution in [3.8, 4) is 0 Å². The van der Waals surface area contributed by atoms with Crippen molar-refractivity contribution >= 4 is 16.9 Å².